The summed E-state index contributed by atoms with van der Waals surface area (Å²) in [6.07, 6.45) is 1.75. The number of carbonyl (C=O) groups is 2. The fourth-order valence-electron chi connectivity index (χ4n) is 4.37. The molecule has 0 spiro atoms. The molecule has 34 heavy (non-hydrogen) atoms. The summed E-state index contributed by atoms with van der Waals surface area (Å²) in [6.45, 7) is 7.63. The van der Waals surface area contributed by atoms with Crippen molar-refractivity contribution < 1.29 is 14.3 Å². The molecule has 5 nitrogen and oxygen atoms in total. The highest BCUT2D eigenvalue weighted by Gasteiger charge is 2.38. The highest BCUT2D eigenvalue weighted by molar-refractivity contribution is 6.42. The molecule has 1 aliphatic rings. The number of halogens is 2. The smallest absolute Gasteiger partial charge is 0.340 e. The molecule has 0 fully saturated rings. The van der Waals surface area contributed by atoms with Gasteiger partial charge in [-0.25, -0.2) is 4.79 Å². The van der Waals surface area contributed by atoms with Crippen LogP contribution in [0.3, 0.4) is 0 Å². The highest BCUT2D eigenvalue weighted by atomic mass is 35.5. The maximum atomic E-state index is 13.6. The third-order valence-corrected chi connectivity index (χ3v) is 6.72. The molecule has 3 aromatic rings. The van der Waals surface area contributed by atoms with Crippen LogP contribution in [0.25, 0.3) is 11.8 Å². The molecule has 0 aliphatic carbocycles. The van der Waals surface area contributed by atoms with Gasteiger partial charge in [0.15, 0.2) is 0 Å². The predicted octanol–water partition coefficient (Wildman–Crippen LogP) is 6.59. The van der Waals surface area contributed by atoms with Crippen LogP contribution in [0.1, 0.15) is 29.4 Å². The molecule has 2 aromatic carbocycles. The number of anilines is 1. The van der Waals surface area contributed by atoms with Crippen LogP contribution in [0.5, 0.6) is 0 Å². The third kappa shape index (κ3) is 4.06. The second-order valence-corrected chi connectivity index (χ2v) is 9.06. The van der Waals surface area contributed by atoms with Gasteiger partial charge < -0.3 is 9.30 Å². The maximum Gasteiger partial charge on any atom is 0.340 e. The number of allylic oxidation sites excluding steroid dienone is 1. The molecule has 0 saturated carbocycles. The quantitative estimate of drug-likeness (QED) is 0.303. The molecule has 2 heterocycles. The second kappa shape index (κ2) is 9.16. The van der Waals surface area contributed by atoms with E-state index in [4.69, 9.17) is 27.9 Å². The van der Waals surface area contributed by atoms with E-state index in [0.29, 0.717) is 27.0 Å². The van der Waals surface area contributed by atoms with Gasteiger partial charge in [-0.2, -0.15) is 0 Å². The Morgan fingerprint density at radius 1 is 0.941 bits per heavy atom. The Hall–Kier alpha value is -3.28. The van der Waals surface area contributed by atoms with Crippen LogP contribution in [-0.2, 0) is 14.3 Å². The van der Waals surface area contributed by atoms with E-state index in [9.17, 15) is 9.59 Å². The number of esters is 1. The number of aromatic nitrogens is 1. The van der Waals surface area contributed by atoms with Crippen molar-refractivity contribution >= 4 is 46.8 Å². The van der Waals surface area contributed by atoms with Gasteiger partial charge in [-0.15, -0.1) is 0 Å². The summed E-state index contributed by atoms with van der Waals surface area (Å²) in [4.78, 5) is 27.9. The average Bonchev–Trinajstić information content (AvgIpc) is 3.21. The van der Waals surface area contributed by atoms with Gasteiger partial charge in [0.1, 0.15) is 0 Å². The number of rotatable bonds is 4. The van der Waals surface area contributed by atoms with E-state index in [1.165, 1.54) is 7.11 Å². The summed E-state index contributed by atoms with van der Waals surface area (Å²) in [5.41, 5.74) is 6.31. The zero-order valence-electron chi connectivity index (χ0n) is 19.6. The van der Waals surface area contributed by atoms with Crippen molar-refractivity contribution in [3.8, 4) is 5.69 Å². The first kappa shape index (κ1) is 23.9. The fourth-order valence-corrected chi connectivity index (χ4v) is 4.66. The minimum atomic E-state index is -0.550. The number of hydrogen-bond donors (Lipinski definition) is 0. The lowest BCUT2D eigenvalue weighted by Crippen LogP contribution is -2.24. The predicted molar refractivity (Wildman–Crippen MR) is 137 cm³/mol. The van der Waals surface area contributed by atoms with E-state index < -0.39 is 5.97 Å². The Bertz CT molecular complexity index is 1400. The van der Waals surface area contributed by atoms with Gasteiger partial charge in [0.25, 0.3) is 5.91 Å². The van der Waals surface area contributed by atoms with Crippen LogP contribution in [0.4, 0.5) is 5.69 Å². The normalized spacial score (nSPS) is 15.0. The van der Waals surface area contributed by atoms with Gasteiger partial charge in [-0.3, -0.25) is 9.69 Å². The third-order valence-electron chi connectivity index (χ3n) is 5.98. The summed E-state index contributed by atoms with van der Waals surface area (Å²) in [5.74, 6) is -0.826. The van der Waals surface area contributed by atoms with Crippen LogP contribution in [0.2, 0.25) is 10.0 Å². The first-order valence-corrected chi connectivity index (χ1v) is 11.5. The monoisotopic (exact) mass is 494 g/mol. The van der Waals surface area contributed by atoms with Crippen molar-refractivity contribution in [1.29, 1.82) is 0 Å². The van der Waals surface area contributed by atoms with Crippen LogP contribution in [-0.4, -0.2) is 23.6 Å². The summed E-state index contributed by atoms with van der Waals surface area (Å²) in [6, 6.07) is 15.0. The van der Waals surface area contributed by atoms with Crippen molar-refractivity contribution in [2.24, 2.45) is 0 Å². The number of ether oxygens (including phenoxy) is 1. The molecule has 7 heteroatoms. The Labute approximate surface area is 208 Å². The number of methoxy groups -OCH3 is 1. The van der Waals surface area contributed by atoms with Crippen molar-refractivity contribution in [2.45, 2.75) is 27.7 Å². The molecule has 0 saturated heterocycles. The van der Waals surface area contributed by atoms with Gasteiger partial charge in [-0.1, -0.05) is 35.3 Å². The lowest BCUT2D eigenvalue weighted by atomic mass is 10.0. The van der Waals surface area contributed by atoms with E-state index in [1.807, 2.05) is 61.7 Å². The highest BCUT2D eigenvalue weighted by Crippen LogP contribution is 2.37. The Kier molecular flexibility index (Phi) is 6.43. The summed E-state index contributed by atoms with van der Waals surface area (Å²) < 4.78 is 7.06. The largest absolute Gasteiger partial charge is 0.465 e. The molecule has 1 aliphatic heterocycles. The number of nitrogens with zero attached hydrogens (tertiary/aromatic N) is 2. The lowest BCUT2D eigenvalue weighted by Gasteiger charge is -2.18. The maximum absolute atomic E-state index is 13.6. The van der Waals surface area contributed by atoms with E-state index in [0.717, 1.165) is 28.2 Å². The average molecular weight is 495 g/mol. The van der Waals surface area contributed by atoms with E-state index in [2.05, 4.69) is 0 Å². The number of benzene rings is 2. The van der Waals surface area contributed by atoms with Crippen LogP contribution in [0.15, 0.2) is 65.4 Å². The van der Waals surface area contributed by atoms with Crippen molar-refractivity contribution in [3.05, 3.63) is 97.9 Å². The van der Waals surface area contributed by atoms with Crippen molar-refractivity contribution in [2.75, 3.05) is 12.0 Å². The van der Waals surface area contributed by atoms with Crippen LogP contribution < -0.4 is 4.90 Å². The molecule has 0 atom stereocenters. The zero-order chi connectivity index (χ0) is 24.7. The Balaban J connectivity index is 1.85. The number of hydrogen-bond acceptors (Lipinski definition) is 3. The minimum Gasteiger partial charge on any atom is -0.465 e. The standard InChI is InChI=1S/C27H24Cl2N2O3/c1-15-7-6-8-20(11-15)31-18(4)25(27(33)34-5)22(26(31)32)13-19-12-16(2)30(17(19)3)21-9-10-23(28)24(29)14-21/h6-14H,1-5H3/b22-13-. The SMILES string of the molecule is COC(=O)C1=C(C)N(c2cccc(C)c2)C(=O)/C1=C\c1cc(C)n(-c2ccc(Cl)c(Cl)c2)c1C. The number of carbonyl (C=O) groups excluding carboxylic acids is 2. The van der Waals surface area contributed by atoms with Crippen LogP contribution >= 0.6 is 23.2 Å². The Morgan fingerprint density at radius 2 is 1.68 bits per heavy atom. The first-order valence-electron chi connectivity index (χ1n) is 10.7. The van der Waals surface area contributed by atoms with Gasteiger partial charge in [-0.05, 0) is 81.3 Å². The second-order valence-electron chi connectivity index (χ2n) is 8.25. The van der Waals surface area contributed by atoms with E-state index >= 15 is 0 Å². The van der Waals surface area contributed by atoms with Crippen molar-refractivity contribution in [1.82, 2.24) is 4.57 Å². The summed E-state index contributed by atoms with van der Waals surface area (Å²) >= 11 is 12.3. The van der Waals surface area contributed by atoms with Gasteiger partial charge in [0.05, 0.1) is 28.3 Å². The van der Waals surface area contributed by atoms with Gasteiger partial charge in [0, 0.05) is 28.5 Å². The summed E-state index contributed by atoms with van der Waals surface area (Å²) in [7, 11) is 1.32. The van der Waals surface area contributed by atoms with Gasteiger partial charge in [0.2, 0.25) is 0 Å². The molecular formula is C27H24Cl2N2O3. The lowest BCUT2D eigenvalue weighted by molar-refractivity contribution is -0.136. The zero-order valence-corrected chi connectivity index (χ0v) is 21.1. The molecule has 0 N–H and O–H groups in total. The molecule has 0 unspecified atom stereocenters. The summed E-state index contributed by atoms with van der Waals surface area (Å²) in [5, 5.41) is 0.934. The molecule has 0 bridgehead atoms. The molecule has 174 valence electrons. The van der Waals surface area contributed by atoms with E-state index in [-0.39, 0.29) is 11.5 Å². The number of aryl methyl sites for hydroxylation is 2. The fraction of sp³-hybridized carbons (Fsp3) is 0.185. The van der Waals surface area contributed by atoms with E-state index in [1.54, 1.807) is 30.0 Å². The molecule has 1 amide bonds. The molecule has 4 rings (SSSR count). The molecule has 0 radical (unpaired) electrons. The van der Waals surface area contributed by atoms with Crippen molar-refractivity contribution in [3.63, 3.8) is 0 Å². The van der Waals surface area contributed by atoms with Gasteiger partial charge >= 0.3 is 5.97 Å². The topological polar surface area (TPSA) is 51.5 Å². The molecular weight excluding hydrogens is 471 g/mol. The minimum absolute atomic E-state index is 0.258. The molecule has 1 aromatic heterocycles. The Morgan fingerprint density at radius 3 is 2.32 bits per heavy atom. The van der Waals surface area contributed by atoms with Crippen LogP contribution in [0, 0.1) is 20.8 Å². The first-order chi connectivity index (χ1) is 16.1. The number of amides is 1.